The van der Waals surface area contributed by atoms with Crippen molar-refractivity contribution in [2.24, 2.45) is 0 Å². The summed E-state index contributed by atoms with van der Waals surface area (Å²) in [5.41, 5.74) is 0.910. The molecule has 0 saturated carbocycles. The van der Waals surface area contributed by atoms with Gasteiger partial charge in [-0.1, -0.05) is 24.3 Å². The van der Waals surface area contributed by atoms with Crippen molar-refractivity contribution in [3.63, 3.8) is 0 Å². The molecule has 90 valence electrons. The number of fused-ring (bicyclic) bond motifs is 1. The fourth-order valence-electron chi connectivity index (χ4n) is 1.87. The molecule has 2 aromatic rings. The van der Waals surface area contributed by atoms with Crippen LogP contribution in [0.15, 0.2) is 41.3 Å². The molecule has 0 aliphatic carbocycles. The third-order valence-electron chi connectivity index (χ3n) is 2.62. The van der Waals surface area contributed by atoms with E-state index in [4.69, 9.17) is 0 Å². The Bertz CT molecular complexity index is 663. The van der Waals surface area contributed by atoms with Crippen LogP contribution >= 0.6 is 0 Å². The van der Waals surface area contributed by atoms with E-state index >= 15 is 0 Å². The van der Waals surface area contributed by atoms with E-state index in [1.54, 1.807) is 18.2 Å². The second-order valence-electron chi connectivity index (χ2n) is 4.00. The van der Waals surface area contributed by atoms with Crippen LogP contribution < -0.4 is 4.90 Å². The number of anilines is 1. The Labute approximate surface area is 100 Å². The summed E-state index contributed by atoms with van der Waals surface area (Å²) < 4.78 is 31.7. The second kappa shape index (κ2) is 4.01. The lowest BCUT2D eigenvalue weighted by Crippen LogP contribution is -2.10. The van der Waals surface area contributed by atoms with Crippen molar-refractivity contribution >= 4 is 26.6 Å². The van der Waals surface area contributed by atoms with Crippen molar-refractivity contribution in [1.82, 2.24) is 0 Å². The highest BCUT2D eigenvalue weighted by atomic mass is 32.2. The zero-order valence-corrected chi connectivity index (χ0v) is 10.4. The van der Waals surface area contributed by atoms with Crippen molar-refractivity contribution in [3.8, 4) is 0 Å². The van der Waals surface area contributed by atoms with Crippen molar-refractivity contribution in [1.29, 1.82) is 0 Å². The first-order valence-electron chi connectivity index (χ1n) is 5.08. The van der Waals surface area contributed by atoms with E-state index in [-0.39, 0.29) is 4.90 Å². The van der Waals surface area contributed by atoms with Gasteiger partial charge < -0.3 is 4.90 Å². The highest BCUT2D eigenvalue weighted by Gasteiger charge is 2.15. The zero-order valence-electron chi connectivity index (χ0n) is 9.58. The topological polar surface area (TPSA) is 57.6 Å². The van der Waals surface area contributed by atoms with Crippen LogP contribution in [0.25, 0.3) is 10.8 Å². The average Bonchev–Trinajstić information content (AvgIpc) is 2.26. The van der Waals surface area contributed by atoms with Crippen molar-refractivity contribution < 1.29 is 13.0 Å². The fourth-order valence-corrected chi connectivity index (χ4v) is 2.57. The van der Waals surface area contributed by atoms with Gasteiger partial charge in [-0.2, -0.15) is 8.42 Å². The predicted molar refractivity (Wildman–Crippen MR) is 68.1 cm³/mol. The van der Waals surface area contributed by atoms with E-state index in [1.807, 2.05) is 31.1 Å². The van der Waals surface area contributed by atoms with Crippen LogP contribution in [0.3, 0.4) is 0 Å². The van der Waals surface area contributed by atoms with Crippen LogP contribution in [0, 0.1) is 0 Å². The Balaban J connectivity index is 2.90. The van der Waals surface area contributed by atoms with Gasteiger partial charge in [-0.25, -0.2) is 0 Å². The average molecular weight is 251 g/mol. The molecule has 2 rings (SSSR count). The van der Waals surface area contributed by atoms with Gasteiger partial charge in [0.15, 0.2) is 0 Å². The highest BCUT2D eigenvalue weighted by Crippen LogP contribution is 2.30. The number of hydrogen-bond donors (Lipinski definition) is 1. The van der Waals surface area contributed by atoms with Gasteiger partial charge in [0.05, 0.1) is 0 Å². The van der Waals surface area contributed by atoms with Gasteiger partial charge in [-0.3, -0.25) is 4.55 Å². The molecule has 0 aromatic heterocycles. The molecule has 0 spiro atoms. The monoisotopic (exact) mass is 251 g/mol. The highest BCUT2D eigenvalue weighted by molar-refractivity contribution is 7.86. The summed E-state index contributed by atoms with van der Waals surface area (Å²) in [6.07, 6.45) is 0. The van der Waals surface area contributed by atoms with E-state index in [2.05, 4.69) is 0 Å². The lowest BCUT2D eigenvalue weighted by atomic mass is 10.1. The number of hydrogen-bond acceptors (Lipinski definition) is 3. The zero-order chi connectivity index (χ0) is 12.6. The molecule has 0 saturated heterocycles. The van der Waals surface area contributed by atoms with Gasteiger partial charge in [0.1, 0.15) is 4.90 Å². The first-order chi connectivity index (χ1) is 7.91. The predicted octanol–water partition coefficient (Wildman–Crippen LogP) is 2.15. The van der Waals surface area contributed by atoms with Crippen LogP contribution in [0.2, 0.25) is 0 Å². The van der Waals surface area contributed by atoms with Gasteiger partial charge in [-0.15, -0.1) is 0 Å². The van der Waals surface area contributed by atoms with Crippen LogP contribution in [-0.4, -0.2) is 27.1 Å². The number of benzene rings is 2. The minimum atomic E-state index is -4.19. The van der Waals surface area contributed by atoms with E-state index in [0.717, 1.165) is 11.1 Å². The molecular weight excluding hydrogens is 238 g/mol. The standard InChI is InChI=1S/C12H13NO3S/c1-13(2)11-7-8-12(17(14,15)16)10-6-4-3-5-9(10)11/h3-8H,1-2H3,(H,14,15,16). The van der Waals surface area contributed by atoms with Gasteiger partial charge in [0.2, 0.25) is 0 Å². The van der Waals surface area contributed by atoms with Gasteiger partial charge in [0.25, 0.3) is 10.1 Å². The second-order valence-corrected chi connectivity index (χ2v) is 5.39. The van der Waals surface area contributed by atoms with Gasteiger partial charge in [0, 0.05) is 30.6 Å². The molecule has 17 heavy (non-hydrogen) atoms. The third kappa shape index (κ3) is 2.11. The van der Waals surface area contributed by atoms with E-state index < -0.39 is 10.1 Å². The van der Waals surface area contributed by atoms with Crippen molar-refractivity contribution in [2.75, 3.05) is 19.0 Å². The molecule has 0 atom stereocenters. The number of rotatable bonds is 2. The summed E-state index contributed by atoms with van der Waals surface area (Å²) in [6, 6.07) is 10.2. The largest absolute Gasteiger partial charge is 0.377 e. The van der Waals surface area contributed by atoms with Crippen LogP contribution in [0.5, 0.6) is 0 Å². The molecule has 0 heterocycles. The smallest absolute Gasteiger partial charge is 0.295 e. The Kier molecular flexibility index (Phi) is 2.81. The summed E-state index contributed by atoms with van der Waals surface area (Å²) in [4.78, 5) is 1.84. The van der Waals surface area contributed by atoms with Gasteiger partial charge >= 0.3 is 0 Å². The Morgan fingerprint density at radius 2 is 1.59 bits per heavy atom. The Morgan fingerprint density at radius 3 is 2.12 bits per heavy atom. The van der Waals surface area contributed by atoms with Crippen LogP contribution in [-0.2, 0) is 10.1 Å². The van der Waals surface area contributed by atoms with Gasteiger partial charge in [-0.05, 0) is 12.1 Å². The fraction of sp³-hybridized carbons (Fsp3) is 0.167. The van der Waals surface area contributed by atoms with E-state index in [1.165, 1.54) is 6.07 Å². The third-order valence-corrected chi connectivity index (χ3v) is 3.53. The minimum Gasteiger partial charge on any atom is -0.377 e. The molecule has 0 amide bonds. The molecule has 0 unspecified atom stereocenters. The quantitative estimate of drug-likeness (QED) is 0.831. The molecule has 0 radical (unpaired) electrons. The van der Waals surface area contributed by atoms with Crippen molar-refractivity contribution in [3.05, 3.63) is 36.4 Å². The molecule has 0 aliphatic rings. The molecule has 0 fully saturated rings. The molecule has 0 aliphatic heterocycles. The van der Waals surface area contributed by atoms with Crippen LogP contribution in [0.4, 0.5) is 5.69 Å². The summed E-state index contributed by atoms with van der Waals surface area (Å²) in [7, 11) is -0.423. The summed E-state index contributed by atoms with van der Waals surface area (Å²) in [5.74, 6) is 0. The minimum absolute atomic E-state index is 0.0568. The summed E-state index contributed by atoms with van der Waals surface area (Å²) >= 11 is 0. The molecule has 5 heteroatoms. The maximum atomic E-state index is 11.3. The van der Waals surface area contributed by atoms with E-state index in [9.17, 15) is 13.0 Å². The SMILES string of the molecule is CN(C)c1ccc(S(=O)(=O)O)c2ccccc12. The first-order valence-corrected chi connectivity index (χ1v) is 6.52. The molecule has 1 N–H and O–H groups in total. The normalized spacial score (nSPS) is 11.7. The lowest BCUT2D eigenvalue weighted by Gasteiger charge is -2.16. The Morgan fingerprint density at radius 1 is 1.00 bits per heavy atom. The first kappa shape index (κ1) is 11.9. The van der Waals surface area contributed by atoms with Crippen molar-refractivity contribution in [2.45, 2.75) is 4.90 Å². The molecular formula is C12H13NO3S. The Hall–Kier alpha value is -1.59. The summed E-state index contributed by atoms with van der Waals surface area (Å²) in [6.45, 7) is 0. The van der Waals surface area contributed by atoms with E-state index in [0.29, 0.717) is 5.39 Å². The molecule has 4 nitrogen and oxygen atoms in total. The molecule has 2 aromatic carbocycles. The van der Waals surface area contributed by atoms with Crippen LogP contribution in [0.1, 0.15) is 0 Å². The maximum absolute atomic E-state index is 11.3. The lowest BCUT2D eigenvalue weighted by molar-refractivity contribution is 0.484. The maximum Gasteiger partial charge on any atom is 0.295 e. The summed E-state index contributed by atoms with van der Waals surface area (Å²) in [5, 5.41) is 1.33. The molecule has 0 bridgehead atoms. The number of nitrogens with zero attached hydrogens (tertiary/aromatic N) is 1.